The molecule has 1 nitrogen and oxygen atoms in total. The van der Waals surface area contributed by atoms with Crippen LogP contribution in [0, 0.1) is 0 Å². The number of thiazole rings is 1. The first kappa shape index (κ1) is 9.49. The molecule has 3 heteroatoms. The summed E-state index contributed by atoms with van der Waals surface area (Å²) in [6.45, 7) is 3.72. The van der Waals surface area contributed by atoms with Crippen LogP contribution in [0.25, 0.3) is 6.08 Å². The van der Waals surface area contributed by atoms with Crippen LogP contribution >= 0.6 is 23.1 Å². The summed E-state index contributed by atoms with van der Waals surface area (Å²) in [6.07, 6.45) is 3.73. The molecule has 0 radical (unpaired) electrons. The highest BCUT2D eigenvalue weighted by Gasteiger charge is 1.97. The Labute approximate surface area is 91.5 Å². The van der Waals surface area contributed by atoms with Crippen molar-refractivity contribution in [1.82, 2.24) is 4.98 Å². The maximum atomic E-state index is 4.03. The van der Waals surface area contributed by atoms with E-state index in [1.54, 1.807) is 23.1 Å². The zero-order valence-electron chi connectivity index (χ0n) is 7.51. The fraction of sp³-hybridized carbons (Fsp3) is 0. The smallest absolute Gasteiger partial charge is 0.0845 e. The van der Waals surface area contributed by atoms with Gasteiger partial charge < -0.3 is 0 Å². The summed E-state index contributed by atoms with van der Waals surface area (Å²) in [5, 5.41) is 0. The van der Waals surface area contributed by atoms with Crippen molar-refractivity contribution in [1.29, 1.82) is 0 Å². The molecule has 0 amide bonds. The quantitative estimate of drug-likeness (QED) is 0.775. The SMILES string of the molecule is C=Cc1ccc(Sc2cncs2)cc1. The van der Waals surface area contributed by atoms with Crippen LogP contribution in [-0.2, 0) is 0 Å². The Balaban J connectivity index is 2.14. The predicted octanol–water partition coefficient (Wildman–Crippen LogP) is 3.94. The minimum Gasteiger partial charge on any atom is -0.252 e. The van der Waals surface area contributed by atoms with Gasteiger partial charge in [0.2, 0.25) is 0 Å². The molecule has 0 saturated carbocycles. The third-order valence-corrected chi connectivity index (χ3v) is 3.66. The summed E-state index contributed by atoms with van der Waals surface area (Å²) in [4.78, 5) is 5.27. The number of hydrogen-bond donors (Lipinski definition) is 0. The zero-order chi connectivity index (χ0) is 9.80. The Morgan fingerprint density at radius 2 is 2.07 bits per heavy atom. The zero-order valence-corrected chi connectivity index (χ0v) is 9.15. The number of rotatable bonds is 3. The molecular formula is C11H9NS2. The van der Waals surface area contributed by atoms with Crippen LogP contribution in [0.3, 0.4) is 0 Å². The molecule has 1 aromatic heterocycles. The van der Waals surface area contributed by atoms with Gasteiger partial charge in [0, 0.05) is 4.90 Å². The van der Waals surface area contributed by atoms with Crippen LogP contribution in [0.5, 0.6) is 0 Å². The first-order chi connectivity index (χ1) is 6.88. The van der Waals surface area contributed by atoms with Crippen LogP contribution in [0.1, 0.15) is 5.56 Å². The molecule has 0 aliphatic heterocycles. The van der Waals surface area contributed by atoms with E-state index in [2.05, 4.69) is 35.8 Å². The molecule has 0 N–H and O–H groups in total. The van der Waals surface area contributed by atoms with E-state index >= 15 is 0 Å². The van der Waals surface area contributed by atoms with Crippen molar-refractivity contribution in [3.05, 3.63) is 48.1 Å². The minimum atomic E-state index is 1.15. The number of nitrogens with zero attached hydrogens (tertiary/aromatic N) is 1. The summed E-state index contributed by atoms with van der Waals surface area (Å²) in [6, 6.07) is 8.33. The lowest BCUT2D eigenvalue weighted by molar-refractivity contribution is 1.37. The molecular weight excluding hydrogens is 210 g/mol. The average molecular weight is 219 g/mol. The van der Waals surface area contributed by atoms with Crippen molar-refractivity contribution in [2.75, 3.05) is 0 Å². The maximum Gasteiger partial charge on any atom is 0.0845 e. The lowest BCUT2D eigenvalue weighted by Gasteiger charge is -1.98. The molecule has 2 rings (SSSR count). The van der Waals surface area contributed by atoms with Crippen LogP contribution in [0.2, 0.25) is 0 Å². The van der Waals surface area contributed by atoms with Crippen molar-refractivity contribution in [2.24, 2.45) is 0 Å². The minimum absolute atomic E-state index is 1.15. The topological polar surface area (TPSA) is 12.9 Å². The Kier molecular flexibility index (Phi) is 3.01. The van der Waals surface area contributed by atoms with E-state index in [1.165, 1.54) is 9.10 Å². The van der Waals surface area contributed by atoms with E-state index < -0.39 is 0 Å². The highest BCUT2D eigenvalue weighted by atomic mass is 32.2. The van der Waals surface area contributed by atoms with Gasteiger partial charge in [-0.25, -0.2) is 0 Å². The summed E-state index contributed by atoms with van der Waals surface area (Å²) in [7, 11) is 0. The van der Waals surface area contributed by atoms with E-state index in [1.807, 2.05) is 17.8 Å². The molecule has 0 spiro atoms. The summed E-state index contributed by atoms with van der Waals surface area (Å²) in [5.41, 5.74) is 3.00. The Morgan fingerprint density at radius 1 is 1.29 bits per heavy atom. The van der Waals surface area contributed by atoms with Crippen molar-refractivity contribution < 1.29 is 0 Å². The second-order valence-electron chi connectivity index (χ2n) is 2.70. The van der Waals surface area contributed by atoms with Crippen LogP contribution < -0.4 is 0 Å². The highest BCUT2D eigenvalue weighted by molar-refractivity contribution is 8.01. The summed E-state index contributed by atoms with van der Waals surface area (Å²) in [5.74, 6) is 0. The van der Waals surface area contributed by atoms with Gasteiger partial charge in [-0.05, 0) is 17.7 Å². The van der Waals surface area contributed by atoms with Gasteiger partial charge in [-0.15, -0.1) is 11.3 Å². The van der Waals surface area contributed by atoms with Gasteiger partial charge in [0.1, 0.15) is 0 Å². The van der Waals surface area contributed by atoms with E-state index in [9.17, 15) is 0 Å². The number of hydrogen-bond acceptors (Lipinski definition) is 3. The molecule has 0 unspecified atom stereocenters. The third kappa shape index (κ3) is 2.25. The van der Waals surface area contributed by atoms with Gasteiger partial charge in [-0.1, -0.05) is 36.5 Å². The van der Waals surface area contributed by atoms with Crippen molar-refractivity contribution in [3.8, 4) is 0 Å². The van der Waals surface area contributed by atoms with Crippen LogP contribution in [0.15, 0.2) is 51.7 Å². The molecule has 2 aromatic rings. The second-order valence-corrected chi connectivity index (χ2v) is 4.96. The first-order valence-electron chi connectivity index (χ1n) is 4.17. The van der Waals surface area contributed by atoms with E-state index in [0.717, 1.165) is 5.56 Å². The maximum absolute atomic E-state index is 4.03. The molecule has 70 valence electrons. The normalized spacial score (nSPS) is 10.0. The molecule has 0 fully saturated rings. The summed E-state index contributed by atoms with van der Waals surface area (Å²) < 4.78 is 1.22. The van der Waals surface area contributed by atoms with E-state index in [0.29, 0.717) is 0 Å². The van der Waals surface area contributed by atoms with Crippen LogP contribution in [-0.4, -0.2) is 4.98 Å². The Bertz CT molecular complexity index is 403. The monoisotopic (exact) mass is 219 g/mol. The van der Waals surface area contributed by atoms with E-state index in [4.69, 9.17) is 0 Å². The molecule has 0 aliphatic carbocycles. The third-order valence-electron chi connectivity index (χ3n) is 1.74. The molecule has 0 bridgehead atoms. The highest BCUT2D eigenvalue weighted by Crippen LogP contribution is 2.30. The lowest BCUT2D eigenvalue weighted by Crippen LogP contribution is -1.72. The number of aromatic nitrogens is 1. The molecule has 14 heavy (non-hydrogen) atoms. The molecule has 0 aliphatic rings. The average Bonchev–Trinajstić information content (AvgIpc) is 2.72. The Hall–Kier alpha value is -1.06. The van der Waals surface area contributed by atoms with Gasteiger partial charge in [0.25, 0.3) is 0 Å². The van der Waals surface area contributed by atoms with Gasteiger partial charge in [0.05, 0.1) is 15.9 Å². The lowest BCUT2D eigenvalue weighted by atomic mass is 10.2. The fourth-order valence-electron chi connectivity index (χ4n) is 1.04. The van der Waals surface area contributed by atoms with E-state index in [-0.39, 0.29) is 0 Å². The first-order valence-corrected chi connectivity index (χ1v) is 5.87. The largest absolute Gasteiger partial charge is 0.252 e. The summed E-state index contributed by atoms with van der Waals surface area (Å²) >= 11 is 3.39. The standard InChI is InChI=1S/C11H9NS2/c1-2-9-3-5-10(6-4-9)14-11-7-12-8-13-11/h2-8H,1H2. The molecule has 0 saturated heterocycles. The van der Waals surface area contributed by atoms with Crippen molar-refractivity contribution in [3.63, 3.8) is 0 Å². The van der Waals surface area contributed by atoms with Crippen LogP contribution in [0.4, 0.5) is 0 Å². The molecule has 1 heterocycles. The Morgan fingerprint density at radius 3 is 2.64 bits per heavy atom. The van der Waals surface area contributed by atoms with Gasteiger partial charge >= 0.3 is 0 Å². The van der Waals surface area contributed by atoms with Gasteiger partial charge in [-0.3, -0.25) is 4.98 Å². The van der Waals surface area contributed by atoms with Gasteiger partial charge in [-0.2, -0.15) is 0 Å². The molecule has 1 aromatic carbocycles. The van der Waals surface area contributed by atoms with Gasteiger partial charge in [0.15, 0.2) is 0 Å². The second kappa shape index (κ2) is 4.44. The fourth-order valence-corrected chi connectivity index (χ4v) is 2.62. The van der Waals surface area contributed by atoms with Crippen molar-refractivity contribution >= 4 is 29.2 Å². The number of benzene rings is 1. The predicted molar refractivity (Wildman–Crippen MR) is 62.8 cm³/mol. The molecule has 0 atom stereocenters. The van der Waals surface area contributed by atoms with Crippen molar-refractivity contribution in [2.45, 2.75) is 9.10 Å².